The third-order valence-electron chi connectivity index (χ3n) is 5.04. The van der Waals surface area contributed by atoms with Crippen LogP contribution in [0.15, 0.2) is 60.0 Å². The number of nitrogens with zero attached hydrogens (tertiary/aromatic N) is 3. The molecule has 0 radical (unpaired) electrons. The van der Waals surface area contributed by atoms with Gasteiger partial charge in [-0.3, -0.25) is 14.6 Å². The van der Waals surface area contributed by atoms with Crippen LogP contribution in [0.4, 0.5) is 26.3 Å². The van der Waals surface area contributed by atoms with Crippen LogP contribution in [0.3, 0.4) is 0 Å². The number of hydrogen-bond acceptors (Lipinski definition) is 6. The summed E-state index contributed by atoms with van der Waals surface area (Å²) in [5.74, 6) is -1.45. The number of methoxy groups -OCH3 is 1. The first-order valence-electron chi connectivity index (χ1n) is 10.7. The summed E-state index contributed by atoms with van der Waals surface area (Å²) < 4.78 is 83.8. The van der Waals surface area contributed by atoms with Gasteiger partial charge in [-0.2, -0.15) is 31.4 Å². The Morgan fingerprint density at radius 1 is 0.921 bits per heavy atom. The van der Waals surface area contributed by atoms with E-state index >= 15 is 0 Å². The number of benzene rings is 2. The number of hydrogen-bond donors (Lipinski definition) is 2. The van der Waals surface area contributed by atoms with Crippen molar-refractivity contribution < 1.29 is 40.7 Å². The maximum absolute atomic E-state index is 13.1. The van der Waals surface area contributed by atoms with Crippen molar-refractivity contribution in [2.24, 2.45) is 5.10 Å². The SMILES string of the molecule is COc1ccc(C=NNC(=O)c2nccnc2C(C)NC(=O)c2cc(C(F)(F)F)cc(C(F)(F)F)c2)cc1. The Morgan fingerprint density at radius 3 is 2.05 bits per heavy atom. The van der Waals surface area contributed by atoms with E-state index in [0.717, 1.165) is 0 Å². The minimum Gasteiger partial charge on any atom is -0.497 e. The Hall–Kier alpha value is -4.49. The highest BCUT2D eigenvalue weighted by Gasteiger charge is 2.37. The summed E-state index contributed by atoms with van der Waals surface area (Å²) in [6, 6.07) is 6.09. The normalized spacial score (nSPS) is 12.7. The van der Waals surface area contributed by atoms with Gasteiger partial charge in [-0.05, 0) is 55.0 Å². The van der Waals surface area contributed by atoms with Crippen LogP contribution in [0.5, 0.6) is 5.75 Å². The van der Waals surface area contributed by atoms with E-state index in [1.54, 1.807) is 24.3 Å². The van der Waals surface area contributed by atoms with Gasteiger partial charge in [-0.25, -0.2) is 10.4 Å². The molecule has 8 nitrogen and oxygen atoms in total. The van der Waals surface area contributed by atoms with E-state index in [9.17, 15) is 35.9 Å². The number of ether oxygens (including phenoxy) is 1. The van der Waals surface area contributed by atoms with Crippen molar-refractivity contribution in [1.82, 2.24) is 20.7 Å². The smallest absolute Gasteiger partial charge is 0.416 e. The van der Waals surface area contributed by atoms with Gasteiger partial charge in [-0.1, -0.05) is 0 Å². The van der Waals surface area contributed by atoms with Gasteiger partial charge in [0.1, 0.15) is 5.75 Å². The summed E-state index contributed by atoms with van der Waals surface area (Å²) in [7, 11) is 1.50. The molecule has 0 saturated heterocycles. The maximum atomic E-state index is 13.1. The zero-order valence-electron chi connectivity index (χ0n) is 19.7. The molecule has 2 aromatic carbocycles. The van der Waals surface area contributed by atoms with E-state index < -0.39 is 46.9 Å². The summed E-state index contributed by atoms with van der Waals surface area (Å²) in [5.41, 5.74) is -1.65. The molecule has 0 saturated carbocycles. The number of aromatic nitrogens is 2. The molecule has 0 aliphatic rings. The van der Waals surface area contributed by atoms with Gasteiger partial charge in [0.05, 0.1) is 36.2 Å². The molecule has 0 aliphatic heterocycles. The number of alkyl halides is 6. The molecule has 0 spiro atoms. The van der Waals surface area contributed by atoms with Crippen molar-refractivity contribution >= 4 is 18.0 Å². The first kappa shape index (κ1) is 28.1. The first-order valence-corrected chi connectivity index (χ1v) is 10.7. The lowest BCUT2D eigenvalue weighted by molar-refractivity contribution is -0.143. The van der Waals surface area contributed by atoms with Crippen LogP contribution in [0, 0.1) is 0 Å². The van der Waals surface area contributed by atoms with Gasteiger partial charge in [0.25, 0.3) is 11.8 Å². The van der Waals surface area contributed by atoms with E-state index in [0.29, 0.717) is 23.4 Å². The van der Waals surface area contributed by atoms with Gasteiger partial charge >= 0.3 is 12.4 Å². The number of nitrogens with one attached hydrogen (secondary N) is 2. The van der Waals surface area contributed by atoms with Crippen LogP contribution < -0.4 is 15.5 Å². The van der Waals surface area contributed by atoms with Crippen LogP contribution in [0.2, 0.25) is 0 Å². The highest BCUT2D eigenvalue weighted by Crippen LogP contribution is 2.36. The van der Waals surface area contributed by atoms with Gasteiger partial charge in [-0.15, -0.1) is 0 Å². The number of carbonyl (C=O) groups excluding carboxylic acids is 2. The highest BCUT2D eigenvalue weighted by atomic mass is 19.4. The fraction of sp³-hybridized carbons (Fsp3) is 0.208. The minimum absolute atomic E-state index is 0.0855. The van der Waals surface area contributed by atoms with Gasteiger partial charge < -0.3 is 10.1 Å². The average molecular weight is 539 g/mol. The predicted octanol–water partition coefficient (Wildman–Crippen LogP) is 4.78. The molecular formula is C24H19F6N5O3. The highest BCUT2D eigenvalue weighted by molar-refractivity contribution is 5.96. The quantitative estimate of drug-likeness (QED) is 0.256. The lowest BCUT2D eigenvalue weighted by atomic mass is 10.0. The molecule has 0 fully saturated rings. The van der Waals surface area contributed by atoms with Crippen molar-refractivity contribution in [2.75, 3.05) is 7.11 Å². The summed E-state index contributed by atoms with van der Waals surface area (Å²) in [6.07, 6.45) is -6.52. The average Bonchev–Trinajstić information content (AvgIpc) is 2.87. The second-order valence-electron chi connectivity index (χ2n) is 7.75. The van der Waals surface area contributed by atoms with Crippen molar-refractivity contribution in [3.63, 3.8) is 0 Å². The Balaban J connectivity index is 1.79. The second-order valence-corrected chi connectivity index (χ2v) is 7.75. The van der Waals surface area contributed by atoms with Crippen molar-refractivity contribution in [3.05, 3.63) is 88.5 Å². The number of carbonyl (C=O) groups is 2. The number of halogens is 6. The molecule has 2 amide bonds. The molecule has 3 rings (SSSR count). The molecule has 200 valence electrons. The van der Waals surface area contributed by atoms with E-state index in [2.05, 4.69) is 25.8 Å². The topological polar surface area (TPSA) is 106 Å². The molecule has 0 bridgehead atoms. The fourth-order valence-electron chi connectivity index (χ4n) is 3.18. The summed E-state index contributed by atoms with van der Waals surface area (Å²) in [6.45, 7) is 1.33. The Bertz CT molecular complexity index is 1310. The van der Waals surface area contributed by atoms with Gasteiger partial charge in [0.15, 0.2) is 5.69 Å². The predicted molar refractivity (Wildman–Crippen MR) is 122 cm³/mol. The Labute approximate surface area is 211 Å². The molecule has 1 aromatic heterocycles. The Kier molecular flexibility index (Phi) is 8.33. The van der Waals surface area contributed by atoms with Crippen LogP contribution in [0.1, 0.15) is 56.2 Å². The van der Waals surface area contributed by atoms with Crippen molar-refractivity contribution in [3.8, 4) is 5.75 Å². The van der Waals surface area contributed by atoms with Crippen LogP contribution in [-0.2, 0) is 12.4 Å². The molecule has 1 heterocycles. The van der Waals surface area contributed by atoms with E-state index in [1.807, 2.05) is 0 Å². The van der Waals surface area contributed by atoms with Crippen LogP contribution >= 0.6 is 0 Å². The number of hydrazone groups is 1. The zero-order valence-corrected chi connectivity index (χ0v) is 19.7. The molecule has 1 unspecified atom stereocenters. The minimum atomic E-state index is -5.12. The summed E-state index contributed by atoms with van der Waals surface area (Å²) in [4.78, 5) is 33.1. The molecule has 0 aliphatic carbocycles. The van der Waals surface area contributed by atoms with Crippen LogP contribution in [0.25, 0.3) is 0 Å². The Morgan fingerprint density at radius 2 is 1.50 bits per heavy atom. The zero-order chi connectivity index (χ0) is 28.1. The molecule has 38 heavy (non-hydrogen) atoms. The lowest BCUT2D eigenvalue weighted by Gasteiger charge is -2.17. The summed E-state index contributed by atoms with van der Waals surface area (Å²) in [5, 5.41) is 6.07. The van der Waals surface area contributed by atoms with Crippen molar-refractivity contribution in [2.45, 2.75) is 25.3 Å². The number of rotatable bonds is 7. The third-order valence-corrected chi connectivity index (χ3v) is 5.04. The fourth-order valence-corrected chi connectivity index (χ4v) is 3.18. The van der Waals surface area contributed by atoms with E-state index in [-0.39, 0.29) is 17.5 Å². The lowest BCUT2D eigenvalue weighted by Crippen LogP contribution is -2.31. The molecule has 14 heteroatoms. The van der Waals surface area contributed by atoms with Gasteiger partial charge in [0, 0.05) is 18.0 Å². The molecule has 3 aromatic rings. The maximum Gasteiger partial charge on any atom is 0.416 e. The third kappa shape index (κ3) is 7.05. The molecule has 1 atom stereocenters. The standard InChI is InChI=1S/C24H19F6N5O3/c1-13(34-21(36)15-9-16(23(25,26)27)11-17(10-15)24(28,29)30)19-20(32-8-7-31-19)22(37)35-33-12-14-3-5-18(38-2)6-4-14/h3-13H,1-2H3,(H,34,36)(H,35,37). The van der Waals surface area contributed by atoms with E-state index in [4.69, 9.17) is 4.74 Å². The second kappa shape index (κ2) is 11.3. The van der Waals surface area contributed by atoms with Crippen LogP contribution in [-0.4, -0.2) is 35.1 Å². The van der Waals surface area contributed by atoms with E-state index in [1.165, 1.54) is 32.6 Å². The largest absolute Gasteiger partial charge is 0.497 e. The molecule has 2 N–H and O–H groups in total. The summed E-state index contributed by atoms with van der Waals surface area (Å²) >= 11 is 0. The number of amides is 2. The van der Waals surface area contributed by atoms with Gasteiger partial charge in [0.2, 0.25) is 0 Å². The van der Waals surface area contributed by atoms with Crippen molar-refractivity contribution in [1.29, 1.82) is 0 Å². The monoisotopic (exact) mass is 539 g/mol. The molecular weight excluding hydrogens is 520 g/mol. The first-order chi connectivity index (χ1) is 17.8.